The maximum absolute atomic E-state index is 13.4. The second-order valence-electron chi connectivity index (χ2n) is 5.58. The van der Waals surface area contributed by atoms with Gasteiger partial charge in [0.15, 0.2) is 5.82 Å². The van der Waals surface area contributed by atoms with Crippen molar-refractivity contribution in [2.75, 3.05) is 32.1 Å². The van der Waals surface area contributed by atoms with Gasteiger partial charge in [-0.05, 0) is 28.6 Å². The lowest BCUT2D eigenvalue weighted by Gasteiger charge is -2.34. The molecule has 9 heteroatoms. The molecule has 0 unspecified atom stereocenters. The zero-order chi connectivity index (χ0) is 16.9. The number of nitrogens with zero attached hydrogens (tertiary/aromatic N) is 6. The van der Waals surface area contributed by atoms with E-state index in [9.17, 15) is 9.18 Å². The zero-order valence-electron chi connectivity index (χ0n) is 13.1. The largest absolute Gasteiger partial charge is 0.340 e. The van der Waals surface area contributed by atoms with E-state index < -0.39 is 0 Å². The number of tetrazole rings is 1. The maximum Gasteiger partial charge on any atom is 0.223 e. The molecule has 1 fully saturated rings. The third kappa shape index (κ3) is 3.88. The van der Waals surface area contributed by atoms with Crippen LogP contribution >= 0.6 is 11.6 Å². The van der Waals surface area contributed by atoms with Crippen LogP contribution in [0, 0.1) is 5.82 Å². The number of benzene rings is 1. The monoisotopic (exact) mass is 352 g/mol. The first kappa shape index (κ1) is 16.8. The van der Waals surface area contributed by atoms with Gasteiger partial charge >= 0.3 is 0 Å². The summed E-state index contributed by atoms with van der Waals surface area (Å²) < 4.78 is 14.9. The molecule has 3 rings (SSSR count). The zero-order valence-corrected chi connectivity index (χ0v) is 13.9. The van der Waals surface area contributed by atoms with Gasteiger partial charge in [-0.1, -0.05) is 6.07 Å². The molecule has 0 spiro atoms. The van der Waals surface area contributed by atoms with Crippen LogP contribution in [0.5, 0.6) is 0 Å². The second kappa shape index (κ2) is 7.67. The number of carbonyl (C=O) groups excluding carboxylic acids is 1. The minimum absolute atomic E-state index is 0.0919. The molecule has 24 heavy (non-hydrogen) atoms. The summed E-state index contributed by atoms with van der Waals surface area (Å²) in [6.07, 6.45) is 0.374. The van der Waals surface area contributed by atoms with Gasteiger partial charge in [-0.15, -0.1) is 16.7 Å². The lowest BCUT2D eigenvalue weighted by molar-refractivity contribution is -0.132. The quantitative estimate of drug-likeness (QED) is 0.753. The molecule has 1 saturated heterocycles. The van der Waals surface area contributed by atoms with Crippen molar-refractivity contribution in [2.24, 2.45) is 0 Å². The van der Waals surface area contributed by atoms with Crippen molar-refractivity contribution < 1.29 is 9.18 Å². The molecule has 7 nitrogen and oxygen atoms in total. The van der Waals surface area contributed by atoms with Crippen LogP contribution < -0.4 is 0 Å². The molecule has 2 heterocycles. The summed E-state index contributed by atoms with van der Waals surface area (Å²) in [5, 5.41) is 11.7. The van der Waals surface area contributed by atoms with Gasteiger partial charge < -0.3 is 4.90 Å². The summed E-state index contributed by atoms with van der Waals surface area (Å²) in [7, 11) is 0. The van der Waals surface area contributed by atoms with E-state index in [1.807, 2.05) is 4.90 Å². The summed E-state index contributed by atoms with van der Waals surface area (Å²) in [5.41, 5.74) is 0.589. The highest BCUT2D eigenvalue weighted by molar-refractivity contribution is 6.18. The van der Waals surface area contributed by atoms with Crippen LogP contribution in [0.3, 0.4) is 0 Å². The minimum Gasteiger partial charge on any atom is -0.340 e. The molecule has 0 N–H and O–H groups in total. The molecule has 0 saturated carbocycles. The SMILES string of the molecule is O=C(CCCl)N1CCN(Cc2nnnn2-c2cccc(F)c2)CC1. The highest BCUT2D eigenvalue weighted by Crippen LogP contribution is 2.13. The molecule has 1 amide bonds. The van der Waals surface area contributed by atoms with E-state index in [2.05, 4.69) is 20.4 Å². The Morgan fingerprint density at radius 2 is 2.04 bits per heavy atom. The Morgan fingerprint density at radius 1 is 1.25 bits per heavy atom. The fourth-order valence-corrected chi connectivity index (χ4v) is 2.87. The first-order valence-corrected chi connectivity index (χ1v) is 8.30. The van der Waals surface area contributed by atoms with Crippen molar-refractivity contribution in [3.05, 3.63) is 35.9 Å². The van der Waals surface area contributed by atoms with Crippen molar-refractivity contribution in [1.82, 2.24) is 30.0 Å². The molecule has 1 aliphatic heterocycles. The van der Waals surface area contributed by atoms with Crippen LogP contribution in [0.1, 0.15) is 12.2 Å². The Kier molecular flexibility index (Phi) is 5.37. The van der Waals surface area contributed by atoms with Crippen LogP contribution in [-0.4, -0.2) is 68.0 Å². The Labute approximate surface area is 144 Å². The average molecular weight is 353 g/mol. The minimum atomic E-state index is -0.333. The second-order valence-corrected chi connectivity index (χ2v) is 5.96. The number of rotatable bonds is 5. The molecule has 0 bridgehead atoms. The summed E-state index contributed by atoms with van der Waals surface area (Å²) in [6, 6.07) is 6.15. The van der Waals surface area contributed by atoms with E-state index in [1.165, 1.54) is 16.8 Å². The van der Waals surface area contributed by atoms with Gasteiger partial charge in [-0.3, -0.25) is 9.69 Å². The predicted molar refractivity (Wildman–Crippen MR) is 86.3 cm³/mol. The third-order valence-electron chi connectivity index (χ3n) is 3.99. The molecule has 2 aromatic rings. The van der Waals surface area contributed by atoms with Gasteiger partial charge in [0.1, 0.15) is 5.82 Å². The van der Waals surface area contributed by atoms with Crippen LogP contribution in [0.2, 0.25) is 0 Å². The van der Waals surface area contributed by atoms with Crippen LogP contribution in [0.15, 0.2) is 24.3 Å². The Hall–Kier alpha value is -2.06. The summed E-state index contributed by atoms with van der Waals surface area (Å²) in [5.74, 6) is 0.748. The highest BCUT2D eigenvalue weighted by Gasteiger charge is 2.22. The van der Waals surface area contributed by atoms with Crippen molar-refractivity contribution in [1.29, 1.82) is 0 Å². The van der Waals surface area contributed by atoms with Gasteiger partial charge in [-0.25, -0.2) is 4.39 Å². The van der Waals surface area contributed by atoms with Gasteiger partial charge in [0, 0.05) is 38.5 Å². The van der Waals surface area contributed by atoms with E-state index in [4.69, 9.17) is 11.6 Å². The van der Waals surface area contributed by atoms with E-state index in [1.54, 1.807) is 12.1 Å². The standard InChI is InChI=1S/C15H18ClFN6O/c16-5-4-15(24)22-8-6-21(7-9-22)11-14-18-19-20-23(14)13-3-1-2-12(17)10-13/h1-3,10H,4-9,11H2. The molecule has 0 aliphatic carbocycles. The molecule has 0 radical (unpaired) electrons. The Balaban J connectivity index is 1.62. The average Bonchev–Trinajstić information content (AvgIpc) is 3.04. The molecule has 1 aliphatic rings. The molecule has 1 aromatic carbocycles. The number of alkyl halides is 1. The number of aromatic nitrogens is 4. The van der Waals surface area contributed by atoms with E-state index in [0.29, 0.717) is 43.4 Å². The first-order chi connectivity index (χ1) is 11.7. The molecular weight excluding hydrogens is 335 g/mol. The molecular formula is C15H18ClFN6O. The van der Waals surface area contributed by atoms with Gasteiger partial charge in [0.05, 0.1) is 12.2 Å². The number of amides is 1. The number of hydrogen-bond donors (Lipinski definition) is 0. The topological polar surface area (TPSA) is 67.2 Å². The van der Waals surface area contributed by atoms with Gasteiger partial charge in [0.25, 0.3) is 0 Å². The number of halogens is 2. The first-order valence-electron chi connectivity index (χ1n) is 7.76. The smallest absolute Gasteiger partial charge is 0.223 e. The predicted octanol–water partition coefficient (Wildman–Crippen LogP) is 1.07. The fourth-order valence-electron chi connectivity index (χ4n) is 2.71. The summed E-state index contributed by atoms with van der Waals surface area (Å²) in [4.78, 5) is 15.8. The lowest BCUT2D eigenvalue weighted by atomic mass is 10.2. The van der Waals surface area contributed by atoms with E-state index in [-0.39, 0.29) is 11.7 Å². The lowest BCUT2D eigenvalue weighted by Crippen LogP contribution is -2.48. The summed E-state index contributed by atoms with van der Waals surface area (Å²) in [6.45, 7) is 3.35. The van der Waals surface area contributed by atoms with Crippen LogP contribution in [0.4, 0.5) is 4.39 Å². The van der Waals surface area contributed by atoms with Gasteiger partial charge in [0.2, 0.25) is 5.91 Å². The molecule has 1 aromatic heterocycles. The number of piperazine rings is 1. The highest BCUT2D eigenvalue weighted by atomic mass is 35.5. The fraction of sp³-hybridized carbons (Fsp3) is 0.467. The van der Waals surface area contributed by atoms with Crippen molar-refractivity contribution in [3.8, 4) is 5.69 Å². The Bertz CT molecular complexity index is 701. The molecule has 128 valence electrons. The van der Waals surface area contributed by atoms with Crippen molar-refractivity contribution in [2.45, 2.75) is 13.0 Å². The van der Waals surface area contributed by atoms with E-state index >= 15 is 0 Å². The molecule has 0 atom stereocenters. The van der Waals surface area contributed by atoms with Gasteiger partial charge in [-0.2, -0.15) is 4.68 Å². The third-order valence-corrected chi connectivity index (χ3v) is 4.17. The van der Waals surface area contributed by atoms with Crippen LogP contribution in [0.25, 0.3) is 5.69 Å². The number of hydrogen-bond acceptors (Lipinski definition) is 5. The Morgan fingerprint density at radius 3 is 2.75 bits per heavy atom. The van der Waals surface area contributed by atoms with Crippen LogP contribution in [-0.2, 0) is 11.3 Å². The number of carbonyl (C=O) groups is 1. The van der Waals surface area contributed by atoms with E-state index in [0.717, 1.165) is 13.1 Å². The van der Waals surface area contributed by atoms with Crippen molar-refractivity contribution in [3.63, 3.8) is 0 Å². The van der Waals surface area contributed by atoms with Crippen molar-refractivity contribution >= 4 is 17.5 Å². The normalized spacial score (nSPS) is 15.7. The summed E-state index contributed by atoms with van der Waals surface area (Å²) >= 11 is 5.62. The maximum atomic E-state index is 13.4.